The monoisotopic (exact) mass is 348 g/mol. The summed E-state index contributed by atoms with van der Waals surface area (Å²) in [5, 5.41) is 13.9. The Morgan fingerprint density at radius 2 is 2.04 bits per heavy atom. The lowest BCUT2D eigenvalue weighted by Gasteiger charge is -2.23. The van der Waals surface area contributed by atoms with Crippen molar-refractivity contribution in [1.82, 2.24) is 19.7 Å². The van der Waals surface area contributed by atoms with E-state index in [2.05, 4.69) is 21.6 Å². The van der Waals surface area contributed by atoms with Gasteiger partial charge in [-0.3, -0.25) is 9.67 Å². The van der Waals surface area contributed by atoms with Gasteiger partial charge >= 0.3 is 5.97 Å². The molecule has 4 rings (SSSR count). The number of carboxylic acid groups (broad SMARTS) is 1. The van der Waals surface area contributed by atoms with Crippen LogP contribution >= 0.6 is 0 Å². The molecule has 1 aliphatic rings. The standard InChI is InChI=1S/C20H20N4O2/c1-23-10-8-18-17(13-23)19(16-3-2-9-21-11-16)22-24(18)12-14-4-6-15(7-5-14)20(25)26/h2-7,9,11H,8,10,12-13H2,1H3,(H,25,26). The molecule has 0 bridgehead atoms. The van der Waals surface area contributed by atoms with Crippen molar-refractivity contribution < 1.29 is 9.90 Å². The molecular weight excluding hydrogens is 328 g/mol. The first-order valence-electron chi connectivity index (χ1n) is 8.61. The van der Waals surface area contributed by atoms with Gasteiger partial charge in [-0.25, -0.2) is 4.79 Å². The Morgan fingerprint density at radius 3 is 2.73 bits per heavy atom. The zero-order chi connectivity index (χ0) is 18.1. The van der Waals surface area contributed by atoms with Crippen molar-refractivity contribution in [2.24, 2.45) is 0 Å². The normalized spacial score (nSPS) is 14.2. The van der Waals surface area contributed by atoms with Gasteiger partial charge in [-0.15, -0.1) is 0 Å². The fourth-order valence-corrected chi connectivity index (χ4v) is 3.42. The Labute approximate surface area is 151 Å². The number of benzene rings is 1. The molecule has 3 aromatic rings. The van der Waals surface area contributed by atoms with Gasteiger partial charge in [0.1, 0.15) is 0 Å². The van der Waals surface area contributed by atoms with E-state index in [4.69, 9.17) is 10.2 Å². The molecule has 1 aliphatic heterocycles. The van der Waals surface area contributed by atoms with E-state index in [1.54, 1.807) is 18.3 Å². The van der Waals surface area contributed by atoms with Crippen molar-refractivity contribution in [1.29, 1.82) is 0 Å². The van der Waals surface area contributed by atoms with Crippen LogP contribution in [0.5, 0.6) is 0 Å². The Bertz CT molecular complexity index is 932. The summed E-state index contributed by atoms with van der Waals surface area (Å²) in [5.74, 6) is -0.907. The van der Waals surface area contributed by atoms with E-state index in [1.165, 1.54) is 11.3 Å². The molecule has 0 aliphatic carbocycles. The van der Waals surface area contributed by atoms with Crippen LogP contribution in [0.3, 0.4) is 0 Å². The summed E-state index contributed by atoms with van der Waals surface area (Å²) in [7, 11) is 2.12. The number of carboxylic acids is 1. The first-order valence-corrected chi connectivity index (χ1v) is 8.61. The van der Waals surface area contributed by atoms with Crippen LogP contribution < -0.4 is 0 Å². The number of fused-ring (bicyclic) bond motifs is 1. The second-order valence-corrected chi connectivity index (χ2v) is 6.66. The third kappa shape index (κ3) is 3.11. The maximum absolute atomic E-state index is 11.0. The van der Waals surface area contributed by atoms with Gasteiger partial charge in [0.15, 0.2) is 0 Å². The average Bonchev–Trinajstić information content (AvgIpc) is 3.00. The van der Waals surface area contributed by atoms with Crippen LogP contribution in [0, 0.1) is 0 Å². The summed E-state index contributed by atoms with van der Waals surface area (Å²) < 4.78 is 2.06. The summed E-state index contributed by atoms with van der Waals surface area (Å²) in [6, 6.07) is 11.0. The molecule has 0 fully saturated rings. The van der Waals surface area contributed by atoms with Crippen molar-refractivity contribution in [2.75, 3.05) is 13.6 Å². The molecule has 26 heavy (non-hydrogen) atoms. The lowest BCUT2D eigenvalue weighted by Crippen LogP contribution is -2.27. The van der Waals surface area contributed by atoms with Crippen LogP contribution in [0.25, 0.3) is 11.3 Å². The minimum absolute atomic E-state index is 0.300. The van der Waals surface area contributed by atoms with Crippen LogP contribution in [-0.4, -0.2) is 44.3 Å². The van der Waals surface area contributed by atoms with E-state index in [0.29, 0.717) is 12.1 Å². The van der Waals surface area contributed by atoms with Crippen molar-refractivity contribution >= 4 is 5.97 Å². The number of hydrogen-bond acceptors (Lipinski definition) is 4. The summed E-state index contributed by atoms with van der Waals surface area (Å²) in [4.78, 5) is 17.6. The highest BCUT2D eigenvalue weighted by atomic mass is 16.4. The number of aromatic carboxylic acids is 1. The van der Waals surface area contributed by atoms with Crippen molar-refractivity contribution in [3.05, 3.63) is 71.2 Å². The van der Waals surface area contributed by atoms with Gasteiger partial charge in [-0.05, 0) is 36.9 Å². The Balaban J connectivity index is 1.71. The molecule has 0 unspecified atom stereocenters. The Hall–Kier alpha value is -2.99. The van der Waals surface area contributed by atoms with Gasteiger partial charge in [0.25, 0.3) is 0 Å². The van der Waals surface area contributed by atoms with Crippen molar-refractivity contribution in [2.45, 2.75) is 19.5 Å². The molecule has 0 spiro atoms. The van der Waals surface area contributed by atoms with E-state index in [0.717, 1.165) is 36.3 Å². The number of carbonyl (C=O) groups is 1. The molecule has 0 amide bonds. The predicted octanol–water partition coefficient (Wildman–Crippen LogP) is 2.68. The maximum Gasteiger partial charge on any atom is 0.335 e. The number of hydrogen-bond donors (Lipinski definition) is 1. The van der Waals surface area contributed by atoms with Gasteiger partial charge in [0.2, 0.25) is 0 Å². The Morgan fingerprint density at radius 1 is 1.23 bits per heavy atom. The molecule has 0 saturated heterocycles. The first kappa shape index (κ1) is 16.5. The number of rotatable bonds is 4. The van der Waals surface area contributed by atoms with Crippen molar-refractivity contribution in [3.63, 3.8) is 0 Å². The highest BCUT2D eigenvalue weighted by molar-refractivity contribution is 5.87. The lowest BCUT2D eigenvalue weighted by molar-refractivity contribution is 0.0697. The molecule has 6 nitrogen and oxygen atoms in total. The average molecular weight is 348 g/mol. The molecule has 6 heteroatoms. The lowest BCUT2D eigenvalue weighted by atomic mass is 10.0. The van der Waals surface area contributed by atoms with Gasteiger partial charge < -0.3 is 10.0 Å². The maximum atomic E-state index is 11.0. The second kappa shape index (κ2) is 6.72. The van der Waals surface area contributed by atoms with Crippen LogP contribution in [-0.2, 0) is 19.5 Å². The number of likely N-dealkylation sites (N-methyl/N-ethyl adjacent to an activating group) is 1. The van der Waals surface area contributed by atoms with Crippen LogP contribution in [0.1, 0.15) is 27.2 Å². The number of nitrogens with zero attached hydrogens (tertiary/aromatic N) is 4. The molecule has 0 atom stereocenters. The van der Waals surface area contributed by atoms with Gasteiger partial charge in [-0.1, -0.05) is 12.1 Å². The quantitative estimate of drug-likeness (QED) is 0.785. The van der Waals surface area contributed by atoms with Crippen LogP contribution in [0.15, 0.2) is 48.8 Å². The number of pyridine rings is 1. The molecule has 0 radical (unpaired) electrons. The number of aromatic nitrogens is 3. The predicted molar refractivity (Wildman–Crippen MR) is 98.0 cm³/mol. The largest absolute Gasteiger partial charge is 0.478 e. The summed E-state index contributed by atoms with van der Waals surface area (Å²) >= 11 is 0. The second-order valence-electron chi connectivity index (χ2n) is 6.66. The third-order valence-electron chi connectivity index (χ3n) is 4.79. The zero-order valence-electron chi connectivity index (χ0n) is 14.6. The topological polar surface area (TPSA) is 71.2 Å². The molecule has 2 aromatic heterocycles. The van der Waals surface area contributed by atoms with Gasteiger partial charge in [-0.2, -0.15) is 5.10 Å². The highest BCUT2D eigenvalue weighted by Crippen LogP contribution is 2.29. The smallest absolute Gasteiger partial charge is 0.335 e. The fraction of sp³-hybridized carbons (Fsp3) is 0.250. The van der Waals surface area contributed by atoms with E-state index < -0.39 is 5.97 Å². The van der Waals surface area contributed by atoms with Crippen LogP contribution in [0.2, 0.25) is 0 Å². The summed E-state index contributed by atoms with van der Waals surface area (Å²) in [5.41, 5.74) is 5.87. The van der Waals surface area contributed by atoms with E-state index in [9.17, 15) is 4.79 Å². The molecule has 1 aromatic carbocycles. The summed E-state index contributed by atoms with van der Waals surface area (Å²) in [6.45, 7) is 2.51. The van der Waals surface area contributed by atoms with E-state index in [-0.39, 0.29) is 0 Å². The molecule has 0 saturated carbocycles. The van der Waals surface area contributed by atoms with E-state index >= 15 is 0 Å². The van der Waals surface area contributed by atoms with Gasteiger partial charge in [0.05, 0.1) is 17.8 Å². The fourth-order valence-electron chi connectivity index (χ4n) is 3.42. The molecule has 1 N–H and O–H groups in total. The SMILES string of the molecule is CN1CCc2c(c(-c3cccnc3)nn2Cc2ccc(C(=O)O)cc2)C1. The highest BCUT2D eigenvalue weighted by Gasteiger charge is 2.24. The van der Waals surface area contributed by atoms with Gasteiger partial charge in [0, 0.05) is 48.7 Å². The van der Waals surface area contributed by atoms with E-state index in [1.807, 2.05) is 30.5 Å². The minimum Gasteiger partial charge on any atom is -0.478 e. The first-order chi connectivity index (χ1) is 12.6. The zero-order valence-corrected chi connectivity index (χ0v) is 14.6. The summed E-state index contributed by atoms with van der Waals surface area (Å²) in [6.07, 6.45) is 4.57. The molecule has 3 heterocycles. The third-order valence-corrected chi connectivity index (χ3v) is 4.79. The minimum atomic E-state index is -0.907. The molecular formula is C20H20N4O2. The Kier molecular flexibility index (Phi) is 4.26. The van der Waals surface area contributed by atoms with Crippen molar-refractivity contribution in [3.8, 4) is 11.3 Å². The van der Waals surface area contributed by atoms with Crippen LogP contribution in [0.4, 0.5) is 0 Å². The molecule has 132 valence electrons.